The number of nitrogens with zero attached hydrogens (tertiary/aromatic N) is 1. The zero-order valence-corrected chi connectivity index (χ0v) is 9.58. The molecule has 0 saturated carbocycles. The van der Waals surface area contributed by atoms with Crippen molar-refractivity contribution >= 4 is 32.8 Å². The van der Waals surface area contributed by atoms with Gasteiger partial charge < -0.3 is 5.11 Å². The van der Waals surface area contributed by atoms with Crippen molar-refractivity contribution in [3.05, 3.63) is 40.0 Å². The summed E-state index contributed by atoms with van der Waals surface area (Å²) in [6.07, 6.45) is 0. The van der Waals surface area contributed by atoms with Crippen LogP contribution in [0.3, 0.4) is 0 Å². The van der Waals surface area contributed by atoms with Gasteiger partial charge in [-0.15, -0.1) is 0 Å². The Bertz CT molecular complexity index is 552. The fourth-order valence-electron chi connectivity index (χ4n) is 1.47. The van der Waals surface area contributed by atoms with Crippen molar-refractivity contribution in [3.8, 4) is 0 Å². The number of aryl methyl sites for hydroxylation is 1. The van der Waals surface area contributed by atoms with Crippen LogP contribution >= 0.6 is 15.9 Å². The summed E-state index contributed by atoms with van der Waals surface area (Å²) in [6, 6.07) is 7.23. The second kappa shape index (κ2) is 3.62. The van der Waals surface area contributed by atoms with Crippen molar-refractivity contribution in [2.24, 2.45) is 0 Å². The molecule has 1 N–H and O–H groups in total. The summed E-state index contributed by atoms with van der Waals surface area (Å²) < 4.78 is 0.875. The highest BCUT2D eigenvalue weighted by Crippen LogP contribution is 2.23. The van der Waals surface area contributed by atoms with E-state index in [1.807, 2.05) is 18.2 Å². The SMILES string of the molecule is Cc1nc2c(Br)cccc2cc1C(=O)O. The molecule has 4 heteroatoms. The molecule has 1 aromatic carbocycles. The zero-order valence-electron chi connectivity index (χ0n) is 7.99. The van der Waals surface area contributed by atoms with E-state index in [0.717, 1.165) is 15.4 Å². The summed E-state index contributed by atoms with van der Waals surface area (Å²) >= 11 is 3.38. The lowest BCUT2D eigenvalue weighted by molar-refractivity contribution is 0.0696. The van der Waals surface area contributed by atoms with Gasteiger partial charge in [-0.3, -0.25) is 4.98 Å². The highest BCUT2D eigenvalue weighted by atomic mass is 79.9. The third-order valence-corrected chi connectivity index (χ3v) is 2.86. The maximum Gasteiger partial charge on any atom is 0.337 e. The van der Waals surface area contributed by atoms with Crippen LogP contribution < -0.4 is 0 Å². The van der Waals surface area contributed by atoms with Crippen molar-refractivity contribution in [2.45, 2.75) is 6.92 Å². The van der Waals surface area contributed by atoms with Gasteiger partial charge in [0.15, 0.2) is 0 Å². The summed E-state index contributed by atoms with van der Waals surface area (Å²) in [5.74, 6) is -0.943. The van der Waals surface area contributed by atoms with Crippen LogP contribution in [0.2, 0.25) is 0 Å². The van der Waals surface area contributed by atoms with Gasteiger partial charge in [0.05, 0.1) is 16.8 Å². The van der Waals surface area contributed by atoms with Crippen LogP contribution in [-0.2, 0) is 0 Å². The van der Waals surface area contributed by atoms with Gasteiger partial charge >= 0.3 is 5.97 Å². The Morgan fingerprint density at radius 2 is 2.20 bits per heavy atom. The Morgan fingerprint density at radius 3 is 2.87 bits per heavy atom. The third kappa shape index (κ3) is 1.72. The minimum atomic E-state index is -0.943. The number of aromatic carboxylic acids is 1. The smallest absolute Gasteiger partial charge is 0.337 e. The molecule has 1 aromatic heterocycles. The normalized spacial score (nSPS) is 10.5. The van der Waals surface area contributed by atoms with Crippen molar-refractivity contribution in [1.29, 1.82) is 0 Å². The predicted octanol–water partition coefficient (Wildman–Crippen LogP) is 3.00. The number of halogens is 1. The first-order chi connectivity index (χ1) is 7.09. The molecule has 0 amide bonds. The van der Waals surface area contributed by atoms with Gasteiger partial charge in [0.25, 0.3) is 0 Å². The standard InChI is InChI=1S/C11H8BrNO2/c1-6-8(11(14)15)5-7-3-2-4-9(12)10(7)13-6/h2-5H,1H3,(H,14,15). The van der Waals surface area contributed by atoms with Crippen molar-refractivity contribution in [3.63, 3.8) is 0 Å². The molecule has 3 nitrogen and oxygen atoms in total. The first-order valence-corrected chi connectivity index (χ1v) is 5.18. The quantitative estimate of drug-likeness (QED) is 0.863. The number of carbonyl (C=O) groups is 1. The molecule has 0 saturated heterocycles. The van der Waals surface area contributed by atoms with Gasteiger partial charge in [-0.2, -0.15) is 0 Å². The molecule has 0 fully saturated rings. The fraction of sp³-hybridized carbons (Fsp3) is 0.0909. The van der Waals surface area contributed by atoms with Crippen molar-refractivity contribution < 1.29 is 9.90 Å². The Morgan fingerprint density at radius 1 is 1.47 bits per heavy atom. The van der Waals surface area contributed by atoms with E-state index < -0.39 is 5.97 Å². The van der Waals surface area contributed by atoms with Crippen molar-refractivity contribution in [2.75, 3.05) is 0 Å². The van der Waals surface area contributed by atoms with E-state index in [2.05, 4.69) is 20.9 Å². The first-order valence-electron chi connectivity index (χ1n) is 4.39. The topological polar surface area (TPSA) is 50.2 Å². The molecule has 1 heterocycles. The Kier molecular flexibility index (Phi) is 2.44. The lowest BCUT2D eigenvalue weighted by Crippen LogP contribution is -2.01. The van der Waals surface area contributed by atoms with Crippen LogP contribution in [-0.4, -0.2) is 16.1 Å². The number of carboxylic acids is 1. The molecule has 0 aliphatic carbocycles. The van der Waals surface area contributed by atoms with E-state index in [4.69, 9.17) is 5.11 Å². The lowest BCUT2D eigenvalue weighted by atomic mass is 10.1. The average Bonchev–Trinajstić information content (AvgIpc) is 2.18. The van der Waals surface area contributed by atoms with E-state index in [9.17, 15) is 4.79 Å². The molecule has 0 atom stereocenters. The zero-order chi connectivity index (χ0) is 11.0. The first kappa shape index (κ1) is 10.1. The number of fused-ring (bicyclic) bond motifs is 1. The van der Waals surface area contributed by atoms with Gasteiger partial charge in [-0.25, -0.2) is 4.79 Å². The number of hydrogen-bond donors (Lipinski definition) is 1. The molecule has 15 heavy (non-hydrogen) atoms. The molecular weight excluding hydrogens is 258 g/mol. The van der Waals surface area contributed by atoms with E-state index in [1.54, 1.807) is 13.0 Å². The minimum Gasteiger partial charge on any atom is -0.478 e. The van der Waals surface area contributed by atoms with E-state index in [1.165, 1.54) is 0 Å². The number of rotatable bonds is 1. The molecule has 0 bridgehead atoms. The molecule has 2 aromatic rings. The number of pyridine rings is 1. The largest absolute Gasteiger partial charge is 0.478 e. The Balaban J connectivity index is 2.82. The second-order valence-electron chi connectivity index (χ2n) is 3.24. The number of para-hydroxylation sites is 1. The summed E-state index contributed by atoms with van der Waals surface area (Å²) in [6.45, 7) is 1.70. The predicted molar refractivity (Wildman–Crippen MR) is 61.1 cm³/mol. The number of hydrogen-bond acceptors (Lipinski definition) is 2. The van der Waals surface area contributed by atoms with E-state index >= 15 is 0 Å². The maximum atomic E-state index is 10.9. The highest BCUT2D eigenvalue weighted by Gasteiger charge is 2.10. The van der Waals surface area contributed by atoms with Crippen LogP contribution in [0.1, 0.15) is 16.1 Å². The molecule has 76 valence electrons. The van der Waals surface area contributed by atoms with Crippen LogP contribution in [0.25, 0.3) is 10.9 Å². The number of carboxylic acid groups (broad SMARTS) is 1. The molecule has 0 spiro atoms. The number of benzene rings is 1. The maximum absolute atomic E-state index is 10.9. The van der Waals surface area contributed by atoms with Gasteiger partial charge in [0, 0.05) is 9.86 Å². The van der Waals surface area contributed by atoms with E-state index in [-0.39, 0.29) is 5.56 Å². The fourth-order valence-corrected chi connectivity index (χ4v) is 1.94. The van der Waals surface area contributed by atoms with Gasteiger partial charge in [-0.1, -0.05) is 12.1 Å². The summed E-state index contributed by atoms with van der Waals surface area (Å²) in [5, 5.41) is 9.77. The summed E-state index contributed by atoms with van der Waals surface area (Å²) in [4.78, 5) is 15.2. The molecular formula is C11H8BrNO2. The molecule has 2 rings (SSSR count). The van der Waals surface area contributed by atoms with Crippen LogP contribution in [0.5, 0.6) is 0 Å². The number of aromatic nitrogens is 1. The monoisotopic (exact) mass is 265 g/mol. The molecule has 0 unspecified atom stereocenters. The van der Waals surface area contributed by atoms with Crippen LogP contribution in [0.4, 0.5) is 0 Å². The molecule has 0 aliphatic heterocycles. The minimum absolute atomic E-state index is 0.251. The van der Waals surface area contributed by atoms with Gasteiger partial charge in [0.1, 0.15) is 0 Å². The molecule has 0 radical (unpaired) electrons. The second-order valence-corrected chi connectivity index (χ2v) is 4.09. The highest BCUT2D eigenvalue weighted by molar-refractivity contribution is 9.10. The average molecular weight is 266 g/mol. The molecule has 0 aliphatic rings. The summed E-state index contributed by atoms with van der Waals surface area (Å²) in [7, 11) is 0. The third-order valence-electron chi connectivity index (χ3n) is 2.22. The van der Waals surface area contributed by atoms with Crippen LogP contribution in [0.15, 0.2) is 28.7 Å². The van der Waals surface area contributed by atoms with E-state index in [0.29, 0.717) is 5.69 Å². The Labute approximate surface area is 94.9 Å². The van der Waals surface area contributed by atoms with Gasteiger partial charge in [0.2, 0.25) is 0 Å². The summed E-state index contributed by atoms with van der Waals surface area (Å²) in [5.41, 5.74) is 1.57. The van der Waals surface area contributed by atoms with Gasteiger partial charge in [-0.05, 0) is 35.0 Å². The van der Waals surface area contributed by atoms with Crippen LogP contribution in [0, 0.1) is 6.92 Å². The lowest BCUT2D eigenvalue weighted by Gasteiger charge is -2.04. The van der Waals surface area contributed by atoms with Crippen molar-refractivity contribution in [1.82, 2.24) is 4.98 Å². The Hall–Kier alpha value is -1.42.